The number of nitriles is 1. The van der Waals surface area contributed by atoms with Crippen LogP contribution in [0.1, 0.15) is 12.0 Å². The summed E-state index contributed by atoms with van der Waals surface area (Å²) in [4.78, 5) is 13.4. The Morgan fingerprint density at radius 1 is 1.56 bits per heavy atom. The Bertz CT molecular complexity index is 539. The van der Waals surface area contributed by atoms with Crippen LogP contribution in [0.25, 0.3) is 0 Å². The summed E-state index contributed by atoms with van der Waals surface area (Å²) in [5, 5.41) is 9.43. The molecule has 94 valence electrons. The lowest BCUT2D eigenvalue weighted by molar-refractivity contribution is -0.117. The molecule has 1 aliphatic rings. The van der Waals surface area contributed by atoms with Crippen molar-refractivity contribution in [3.8, 4) is 6.07 Å². The first-order chi connectivity index (χ1) is 8.58. The number of amides is 1. The van der Waals surface area contributed by atoms with Crippen molar-refractivity contribution in [2.75, 3.05) is 23.1 Å². The van der Waals surface area contributed by atoms with Gasteiger partial charge in [-0.05, 0) is 18.1 Å². The predicted octanol–water partition coefficient (Wildman–Crippen LogP) is 2.39. The maximum absolute atomic E-state index is 11.9. The molecule has 1 saturated heterocycles. The van der Waals surface area contributed by atoms with E-state index in [1.165, 1.54) is 4.90 Å². The molecule has 1 atom stereocenters. The lowest BCUT2D eigenvalue weighted by Gasteiger charge is -2.20. The minimum atomic E-state index is -0.0777. The third-order valence-corrected chi connectivity index (χ3v) is 3.71. The first-order valence-electron chi connectivity index (χ1n) is 5.43. The van der Waals surface area contributed by atoms with E-state index in [2.05, 4.69) is 0 Å². The molecule has 0 aliphatic carbocycles. The lowest BCUT2D eigenvalue weighted by Crippen LogP contribution is -2.26. The number of nitrogens with zero attached hydrogens (tertiary/aromatic N) is 2. The van der Waals surface area contributed by atoms with Crippen molar-refractivity contribution in [1.82, 2.24) is 0 Å². The maximum atomic E-state index is 11.9. The molecule has 0 spiro atoms. The molecule has 1 aliphatic heterocycles. The van der Waals surface area contributed by atoms with Gasteiger partial charge in [0, 0.05) is 18.8 Å². The van der Waals surface area contributed by atoms with Gasteiger partial charge in [0.25, 0.3) is 0 Å². The van der Waals surface area contributed by atoms with E-state index in [-0.39, 0.29) is 17.4 Å². The number of hydrogen-bond donors (Lipinski definition) is 1. The highest BCUT2D eigenvalue weighted by Crippen LogP contribution is 2.36. The molecule has 6 heteroatoms. The van der Waals surface area contributed by atoms with Crippen LogP contribution in [0, 0.1) is 17.2 Å². The quantitative estimate of drug-likeness (QED) is 0.669. The van der Waals surface area contributed by atoms with Gasteiger partial charge in [0.05, 0.1) is 22.0 Å². The van der Waals surface area contributed by atoms with Gasteiger partial charge in [-0.25, -0.2) is 0 Å². The van der Waals surface area contributed by atoms with Gasteiger partial charge in [-0.1, -0.05) is 11.6 Å². The highest BCUT2D eigenvalue weighted by atomic mass is 35.5. The normalized spacial score (nSPS) is 19.1. The molecule has 1 aromatic rings. The largest absolute Gasteiger partial charge is 0.397 e. The van der Waals surface area contributed by atoms with Crippen LogP contribution in [0.4, 0.5) is 11.4 Å². The first kappa shape index (κ1) is 13.0. The van der Waals surface area contributed by atoms with E-state index in [1.807, 2.05) is 6.07 Å². The van der Waals surface area contributed by atoms with Gasteiger partial charge in [0.1, 0.15) is 6.07 Å². The number of nitrogen functional groups attached to an aromatic ring is 1. The van der Waals surface area contributed by atoms with Gasteiger partial charge in [-0.2, -0.15) is 5.26 Å². The van der Waals surface area contributed by atoms with E-state index in [0.29, 0.717) is 35.2 Å². The lowest BCUT2D eigenvalue weighted by atomic mass is 10.1. The van der Waals surface area contributed by atoms with E-state index < -0.39 is 0 Å². The molecule has 0 radical (unpaired) electrons. The van der Waals surface area contributed by atoms with Crippen LogP contribution in [0.2, 0.25) is 5.02 Å². The van der Waals surface area contributed by atoms with Crippen LogP contribution in [-0.4, -0.2) is 18.3 Å². The third-order valence-electron chi connectivity index (χ3n) is 2.96. The number of nitrogens with two attached hydrogens (primary N) is 1. The molecule has 1 heterocycles. The number of rotatable bonds is 2. The smallest absolute Gasteiger partial charge is 0.227 e. The van der Waals surface area contributed by atoms with Gasteiger partial charge in [0.2, 0.25) is 5.91 Å². The molecule has 2 N–H and O–H groups in total. The van der Waals surface area contributed by atoms with Gasteiger partial charge in [-0.3, -0.25) is 4.79 Å². The van der Waals surface area contributed by atoms with Crippen molar-refractivity contribution in [3.63, 3.8) is 0 Å². The Kier molecular flexibility index (Phi) is 3.65. The Morgan fingerprint density at radius 3 is 2.83 bits per heavy atom. The van der Waals surface area contributed by atoms with Crippen molar-refractivity contribution < 1.29 is 4.79 Å². The van der Waals surface area contributed by atoms with Crippen molar-refractivity contribution in [2.24, 2.45) is 5.92 Å². The summed E-state index contributed by atoms with van der Waals surface area (Å²) in [5.41, 5.74) is 6.87. The molecule has 2 rings (SSSR count). The number of anilines is 2. The zero-order valence-electron chi connectivity index (χ0n) is 9.49. The number of halogens is 2. The minimum Gasteiger partial charge on any atom is -0.397 e. The summed E-state index contributed by atoms with van der Waals surface area (Å²) in [5.74, 6) is 0.417. The summed E-state index contributed by atoms with van der Waals surface area (Å²) in [6.07, 6.45) is 0.375. The van der Waals surface area contributed by atoms with E-state index >= 15 is 0 Å². The Labute approximate surface area is 115 Å². The number of carbonyl (C=O) groups is 1. The number of hydrogen-bond acceptors (Lipinski definition) is 3. The fourth-order valence-electron chi connectivity index (χ4n) is 2.08. The molecule has 1 unspecified atom stereocenters. The van der Waals surface area contributed by atoms with Crippen LogP contribution in [0.15, 0.2) is 12.1 Å². The second kappa shape index (κ2) is 5.05. The maximum Gasteiger partial charge on any atom is 0.227 e. The van der Waals surface area contributed by atoms with Crippen LogP contribution < -0.4 is 10.6 Å². The average molecular weight is 284 g/mol. The summed E-state index contributed by atoms with van der Waals surface area (Å²) in [6, 6.07) is 5.15. The molecule has 4 nitrogen and oxygen atoms in total. The molecular weight excluding hydrogens is 273 g/mol. The zero-order valence-corrected chi connectivity index (χ0v) is 11.0. The molecule has 1 fully saturated rings. The molecule has 0 saturated carbocycles. The Hall–Kier alpha value is -1.44. The van der Waals surface area contributed by atoms with Gasteiger partial charge in [-0.15, -0.1) is 11.6 Å². The fraction of sp³-hybridized carbons (Fsp3) is 0.333. The predicted molar refractivity (Wildman–Crippen MR) is 71.8 cm³/mol. The standard InChI is InChI=1S/C12H11Cl2N3O/c13-4-7-3-11(18)17(6-7)12-8(5-15)9(14)1-2-10(12)16/h1-2,7H,3-4,6,16H2. The van der Waals surface area contributed by atoms with Crippen molar-refractivity contribution in [3.05, 3.63) is 22.7 Å². The topological polar surface area (TPSA) is 70.1 Å². The van der Waals surface area contributed by atoms with Crippen LogP contribution >= 0.6 is 23.2 Å². The van der Waals surface area contributed by atoms with Crippen molar-refractivity contribution in [1.29, 1.82) is 5.26 Å². The first-order valence-corrected chi connectivity index (χ1v) is 6.34. The van der Waals surface area contributed by atoms with E-state index in [4.69, 9.17) is 34.2 Å². The summed E-state index contributed by atoms with van der Waals surface area (Å²) in [7, 11) is 0. The molecule has 1 amide bonds. The SMILES string of the molecule is N#Cc1c(Cl)ccc(N)c1N1CC(CCl)CC1=O. The summed E-state index contributed by atoms with van der Waals surface area (Å²) < 4.78 is 0. The third kappa shape index (κ3) is 2.12. The van der Waals surface area contributed by atoms with E-state index in [0.717, 1.165) is 0 Å². The van der Waals surface area contributed by atoms with Crippen LogP contribution in [-0.2, 0) is 4.79 Å². The van der Waals surface area contributed by atoms with Gasteiger partial charge in [0.15, 0.2) is 0 Å². The highest BCUT2D eigenvalue weighted by Gasteiger charge is 2.33. The number of carbonyl (C=O) groups excluding carboxylic acids is 1. The number of benzene rings is 1. The monoisotopic (exact) mass is 283 g/mol. The average Bonchev–Trinajstić information content (AvgIpc) is 2.73. The molecule has 18 heavy (non-hydrogen) atoms. The Morgan fingerprint density at radius 2 is 2.28 bits per heavy atom. The molecule has 0 aromatic heterocycles. The van der Waals surface area contributed by atoms with Crippen molar-refractivity contribution in [2.45, 2.75) is 6.42 Å². The van der Waals surface area contributed by atoms with Crippen molar-refractivity contribution >= 4 is 40.5 Å². The molecule has 1 aromatic carbocycles. The molecular formula is C12H11Cl2N3O. The summed E-state index contributed by atoms with van der Waals surface area (Å²) >= 11 is 11.7. The second-order valence-electron chi connectivity index (χ2n) is 4.20. The summed E-state index contributed by atoms with van der Waals surface area (Å²) in [6.45, 7) is 0.474. The van der Waals surface area contributed by atoms with Gasteiger partial charge >= 0.3 is 0 Å². The van der Waals surface area contributed by atoms with Crippen LogP contribution in [0.3, 0.4) is 0 Å². The van der Waals surface area contributed by atoms with Crippen LogP contribution in [0.5, 0.6) is 0 Å². The fourth-order valence-corrected chi connectivity index (χ4v) is 2.48. The van der Waals surface area contributed by atoms with Gasteiger partial charge < -0.3 is 10.6 Å². The number of alkyl halides is 1. The second-order valence-corrected chi connectivity index (χ2v) is 4.92. The zero-order chi connectivity index (χ0) is 13.3. The van der Waals surface area contributed by atoms with E-state index in [9.17, 15) is 4.79 Å². The minimum absolute atomic E-state index is 0.0777. The van der Waals surface area contributed by atoms with E-state index in [1.54, 1.807) is 12.1 Å². The Balaban J connectivity index is 2.49. The molecule has 0 bridgehead atoms. The highest BCUT2D eigenvalue weighted by molar-refractivity contribution is 6.32.